The molecule has 1 unspecified atom stereocenters. The van der Waals surface area contributed by atoms with E-state index in [0.29, 0.717) is 47.2 Å². The van der Waals surface area contributed by atoms with Crippen molar-refractivity contribution in [2.75, 3.05) is 52.9 Å². The molecule has 46 heavy (non-hydrogen) atoms. The highest BCUT2D eigenvalue weighted by molar-refractivity contribution is 5.96. The molecule has 8 nitrogen and oxygen atoms in total. The molecule has 8 aliphatic rings. The summed E-state index contributed by atoms with van der Waals surface area (Å²) < 4.78 is 13.6. The number of hydrogen-bond acceptors (Lipinski definition) is 6. The maximum Gasteiger partial charge on any atom is 0.229 e. The van der Waals surface area contributed by atoms with E-state index in [1.807, 2.05) is 0 Å². The number of likely N-dealkylation sites (N-methyl/N-ethyl adjacent to an activating group) is 1. The molecule has 2 amide bonds. The molecule has 5 aliphatic carbocycles. The summed E-state index contributed by atoms with van der Waals surface area (Å²) >= 11 is 0. The van der Waals surface area contributed by atoms with Gasteiger partial charge in [-0.25, -0.2) is 0 Å². The molecule has 0 aromatic carbocycles. The first-order valence-electron chi connectivity index (χ1n) is 19.3. The number of piperazine rings is 1. The van der Waals surface area contributed by atoms with Gasteiger partial charge in [0, 0.05) is 56.0 Å². The lowest BCUT2D eigenvalue weighted by molar-refractivity contribution is -0.212. The zero-order valence-electron chi connectivity index (χ0n) is 29.5. The zero-order valence-corrected chi connectivity index (χ0v) is 29.5. The van der Waals surface area contributed by atoms with Crippen LogP contribution in [0.2, 0.25) is 0 Å². The second-order valence-corrected chi connectivity index (χ2v) is 18.3. The van der Waals surface area contributed by atoms with Crippen LogP contribution in [0.3, 0.4) is 0 Å². The number of nitrogens with one attached hydrogen (secondary N) is 2. The number of carbonyl (C=O) groups is 2. The molecule has 3 heterocycles. The average Bonchev–Trinajstić information content (AvgIpc) is 3.23. The summed E-state index contributed by atoms with van der Waals surface area (Å²) in [7, 11) is 2.17. The fourth-order valence-electron chi connectivity index (χ4n) is 13.6. The molecule has 0 radical (unpaired) electrons. The van der Waals surface area contributed by atoms with E-state index in [1.54, 1.807) is 0 Å². The minimum Gasteiger partial charge on any atom is -0.356 e. The lowest BCUT2D eigenvalue weighted by atomic mass is 9.44. The number of carbonyl (C=O) groups excluding carboxylic acids is 2. The van der Waals surface area contributed by atoms with Crippen LogP contribution >= 0.6 is 0 Å². The van der Waals surface area contributed by atoms with Crippen LogP contribution in [0.5, 0.6) is 0 Å². The first-order valence-corrected chi connectivity index (χ1v) is 19.3. The van der Waals surface area contributed by atoms with Gasteiger partial charge in [-0.05, 0) is 118 Å². The molecule has 2 N–H and O–H groups in total. The van der Waals surface area contributed by atoms with E-state index in [1.165, 1.54) is 44.9 Å². The van der Waals surface area contributed by atoms with Gasteiger partial charge in [-0.3, -0.25) is 9.59 Å². The predicted octanol–water partition coefficient (Wildman–Crippen LogP) is 4.67. The number of hydrogen-bond donors (Lipinski definition) is 2. The van der Waals surface area contributed by atoms with Gasteiger partial charge in [0.2, 0.25) is 11.8 Å². The predicted molar refractivity (Wildman–Crippen MR) is 178 cm³/mol. The Morgan fingerprint density at radius 3 is 2.48 bits per heavy atom. The Labute approximate surface area is 277 Å². The summed E-state index contributed by atoms with van der Waals surface area (Å²) in [5.41, 5.74) is 0.938. The highest BCUT2D eigenvalue weighted by Gasteiger charge is 2.89. The normalized spacial score (nSPS) is 51.1. The summed E-state index contributed by atoms with van der Waals surface area (Å²) in [4.78, 5) is 30.3. The molecule has 1 spiro atoms. The second kappa shape index (κ2) is 11.4. The molecular formula is C38H62N4O4. The first kappa shape index (κ1) is 32.0. The van der Waals surface area contributed by atoms with Gasteiger partial charge >= 0.3 is 0 Å². The van der Waals surface area contributed by atoms with Gasteiger partial charge in [0.15, 0.2) is 5.79 Å². The highest BCUT2D eigenvalue weighted by atomic mass is 16.7. The van der Waals surface area contributed by atoms with Gasteiger partial charge in [-0.1, -0.05) is 27.7 Å². The van der Waals surface area contributed by atoms with Crippen LogP contribution in [0.15, 0.2) is 0 Å². The fraction of sp³-hybridized carbons (Fsp3) is 0.947. The van der Waals surface area contributed by atoms with Crippen molar-refractivity contribution >= 4 is 11.8 Å². The van der Waals surface area contributed by atoms with Crippen LogP contribution in [0.1, 0.15) is 98.3 Å². The van der Waals surface area contributed by atoms with Crippen LogP contribution in [0.25, 0.3) is 0 Å². The van der Waals surface area contributed by atoms with Crippen molar-refractivity contribution in [3.63, 3.8) is 0 Å². The standard InChI is InChI=1S/C38H62N4O4/c1-24-19-31-37(4)34-30(46-38(31,37)45-23-24)21-29-27-8-7-25-20-26(9-11-35(25,2)28(27)10-12-36(29,34)3)40-33(44)22-32(43)39-13-6-14-42-17-15-41(5)16-18-42/h24-31,34H,6-23H2,1-5H3,(H,39,43)(H,40,44)/t24-,25+,26+,27+,28-,29-,30-,31?,34-,35-,36-,37-,38+/m0/s1. The molecule has 5 saturated carbocycles. The molecular weight excluding hydrogens is 576 g/mol. The molecule has 258 valence electrons. The van der Waals surface area contributed by atoms with Crippen molar-refractivity contribution in [2.45, 2.75) is 116 Å². The molecule has 8 heteroatoms. The SMILES string of the molecule is C[C@@H]1CO[C@]23O[C@H]4C[C@H]5[C@@H]6CC[C@@H]7C[C@H](NC(=O)CC(=O)NCCCN8CCN(C)CC8)CC[C@]7(C)[C@H]6CC[C@]5(C)[C@H]4[C@]2(C)C3C1. The summed E-state index contributed by atoms with van der Waals surface area (Å²) in [6.45, 7) is 17.1. The minimum atomic E-state index is -0.266. The molecule has 0 bridgehead atoms. The van der Waals surface area contributed by atoms with Crippen LogP contribution in [-0.2, 0) is 19.1 Å². The topological polar surface area (TPSA) is 83.1 Å². The molecule has 8 rings (SSSR count). The molecule has 0 aromatic rings. The van der Waals surface area contributed by atoms with E-state index >= 15 is 0 Å². The van der Waals surface area contributed by atoms with Crippen LogP contribution in [-0.4, -0.2) is 92.5 Å². The zero-order chi connectivity index (χ0) is 32.1. The molecule has 3 saturated heterocycles. The third kappa shape index (κ3) is 4.80. The van der Waals surface area contributed by atoms with Gasteiger partial charge in [0.1, 0.15) is 6.42 Å². The van der Waals surface area contributed by atoms with Gasteiger partial charge < -0.3 is 29.9 Å². The third-order valence-corrected chi connectivity index (χ3v) is 16.0. The van der Waals surface area contributed by atoms with Crippen LogP contribution < -0.4 is 10.6 Å². The van der Waals surface area contributed by atoms with Crippen molar-refractivity contribution in [1.82, 2.24) is 20.4 Å². The van der Waals surface area contributed by atoms with Gasteiger partial charge in [-0.15, -0.1) is 0 Å². The Hall–Kier alpha value is -1.22. The van der Waals surface area contributed by atoms with Crippen molar-refractivity contribution in [3.8, 4) is 0 Å². The van der Waals surface area contributed by atoms with E-state index in [2.05, 4.69) is 55.2 Å². The smallest absolute Gasteiger partial charge is 0.229 e. The minimum absolute atomic E-state index is 0.0483. The molecule has 13 atom stereocenters. The molecule has 0 aromatic heterocycles. The fourth-order valence-corrected chi connectivity index (χ4v) is 13.6. The van der Waals surface area contributed by atoms with E-state index in [4.69, 9.17) is 9.47 Å². The highest BCUT2D eigenvalue weighted by Crippen LogP contribution is 2.84. The number of amides is 2. The van der Waals surface area contributed by atoms with E-state index in [-0.39, 0.29) is 35.5 Å². The maximum absolute atomic E-state index is 12.9. The summed E-state index contributed by atoms with van der Waals surface area (Å²) in [5, 5.41) is 6.28. The quantitative estimate of drug-likeness (QED) is 0.312. The second-order valence-electron chi connectivity index (χ2n) is 18.3. The van der Waals surface area contributed by atoms with Crippen molar-refractivity contribution in [2.24, 2.45) is 57.7 Å². The lowest BCUT2D eigenvalue weighted by Gasteiger charge is -2.61. The average molecular weight is 639 g/mol. The number of nitrogens with zero attached hydrogens (tertiary/aromatic N) is 2. The Kier molecular flexibility index (Phi) is 7.94. The van der Waals surface area contributed by atoms with Gasteiger partial charge in [0.25, 0.3) is 0 Å². The van der Waals surface area contributed by atoms with Crippen LogP contribution in [0, 0.1) is 57.7 Å². The van der Waals surface area contributed by atoms with Crippen molar-refractivity contribution in [3.05, 3.63) is 0 Å². The Bertz CT molecular complexity index is 1210. The van der Waals surface area contributed by atoms with Crippen molar-refractivity contribution in [1.29, 1.82) is 0 Å². The van der Waals surface area contributed by atoms with Crippen molar-refractivity contribution < 1.29 is 19.1 Å². The monoisotopic (exact) mass is 638 g/mol. The lowest BCUT2D eigenvalue weighted by Crippen LogP contribution is -2.56. The number of fused-ring (bicyclic) bond motifs is 9. The Morgan fingerprint density at radius 1 is 0.891 bits per heavy atom. The molecule has 3 aliphatic heterocycles. The Morgan fingerprint density at radius 2 is 1.67 bits per heavy atom. The third-order valence-electron chi connectivity index (χ3n) is 16.0. The van der Waals surface area contributed by atoms with E-state index in [0.717, 1.165) is 76.3 Å². The molecule has 8 fully saturated rings. The van der Waals surface area contributed by atoms with E-state index in [9.17, 15) is 9.59 Å². The summed E-state index contributed by atoms with van der Waals surface area (Å²) in [6, 6.07) is 0.206. The Balaban J connectivity index is 0.828. The van der Waals surface area contributed by atoms with Crippen LogP contribution in [0.4, 0.5) is 0 Å². The number of ether oxygens (including phenoxy) is 2. The summed E-state index contributed by atoms with van der Waals surface area (Å²) in [5.74, 6) is 4.41. The largest absolute Gasteiger partial charge is 0.356 e. The first-order chi connectivity index (χ1) is 22.0. The van der Waals surface area contributed by atoms with Gasteiger partial charge in [0.05, 0.1) is 12.7 Å². The maximum atomic E-state index is 12.9. The summed E-state index contributed by atoms with van der Waals surface area (Å²) in [6.07, 6.45) is 12.4. The van der Waals surface area contributed by atoms with Gasteiger partial charge in [-0.2, -0.15) is 0 Å². The number of rotatable bonds is 7. The van der Waals surface area contributed by atoms with E-state index < -0.39 is 0 Å².